The van der Waals surface area contributed by atoms with Crippen LogP contribution >= 0.6 is 0 Å². The predicted octanol–water partition coefficient (Wildman–Crippen LogP) is 1.17. The average Bonchev–Trinajstić information content (AvgIpc) is 2.21. The lowest BCUT2D eigenvalue weighted by Crippen LogP contribution is -2.48. The standard InChI is InChI=1S/C12H26N2O/c1-11(2)13(3)10-12-6-4-5-7-14(12)8-9-15/h11-12,15H,4-10H2,1-3H3. The monoisotopic (exact) mass is 214 g/mol. The van der Waals surface area contributed by atoms with Gasteiger partial charge in [0.05, 0.1) is 6.61 Å². The van der Waals surface area contributed by atoms with E-state index in [0.29, 0.717) is 18.7 Å². The molecule has 1 aliphatic rings. The Balaban J connectivity index is 2.41. The van der Waals surface area contributed by atoms with Crippen LogP contribution in [-0.4, -0.2) is 60.3 Å². The number of rotatable bonds is 5. The van der Waals surface area contributed by atoms with Crippen molar-refractivity contribution in [2.24, 2.45) is 0 Å². The van der Waals surface area contributed by atoms with Gasteiger partial charge in [0.25, 0.3) is 0 Å². The van der Waals surface area contributed by atoms with Crippen molar-refractivity contribution in [1.29, 1.82) is 0 Å². The zero-order valence-electron chi connectivity index (χ0n) is 10.4. The zero-order chi connectivity index (χ0) is 11.3. The lowest BCUT2D eigenvalue weighted by molar-refractivity contribution is 0.0851. The van der Waals surface area contributed by atoms with Crippen molar-refractivity contribution in [2.45, 2.75) is 45.2 Å². The first-order valence-corrected chi connectivity index (χ1v) is 6.20. The van der Waals surface area contributed by atoms with Crippen molar-refractivity contribution in [3.8, 4) is 0 Å². The number of β-amino-alcohol motifs (C(OH)–C–C–N with tert-alkyl or cyclic N) is 1. The Kier molecular flexibility index (Phi) is 5.58. The summed E-state index contributed by atoms with van der Waals surface area (Å²) in [6.07, 6.45) is 3.93. The molecule has 1 fully saturated rings. The summed E-state index contributed by atoms with van der Waals surface area (Å²) in [5.41, 5.74) is 0. The van der Waals surface area contributed by atoms with Crippen LogP contribution in [0.25, 0.3) is 0 Å². The van der Waals surface area contributed by atoms with E-state index in [1.54, 1.807) is 0 Å². The molecule has 1 N–H and O–H groups in total. The van der Waals surface area contributed by atoms with Gasteiger partial charge in [-0.15, -0.1) is 0 Å². The fourth-order valence-corrected chi connectivity index (χ4v) is 2.23. The summed E-state index contributed by atoms with van der Waals surface area (Å²) in [7, 11) is 2.19. The van der Waals surface area contributed by atoms with Gasteiger partial charge in [-0.2, -0.15) is 0 Å². The summed E-state index contributed by atoms with van der Waals surface area (Å²) in [5, 5.41) is 9.02. The minimum Gasteiger partial charge on any atom is -0.395 e. The first-order valence-electron chi connectivity index (χ1n) is 6.20. The SMILES string of the molecule is CC(C)N(C)CC1CCCCN1CCO. The molecule has 0 saturated carbocycles. The van der Waals surface area contributed by atoms with Crippen LogP contribution in [0, 0.1) is 0 Å². The maximum Gasteiger partial charge on any atom is 0.0558 e. The Morgan fingerprint density at radius 2 is 2.13 bits per heavy atom. The van der Waals surface area contributed by atoms with E-state index in [-0.39, 0.29) is 0 Å². The van der Waals surface area contributed by atoms with E-state index in [9.17, 15) is 0 Å². The molecule has 1 heterocycles. The lowest BCUT2D eigenvalue weighted by atomic mass is 10.0. The van der Waals surface area contributed by atoms with Gasteiger partial charge in [0.1, 0.15) is 0 Å². The van der Waals surface area contributed by atoms with Crippen LogP contribution in [0.3, 0.4) is 0 Å². The third-order valence-electron chi connectivity index (χ3n) is 3.52. The van der Waals surface area contributed by atoms with E-state index in [1.165, 1.54) is 19.3 Å². The van der Waals surface area contributed by atoms with Crippen LogP contribution in [-0.2, 0) is 0 Å². The molecular formula is C12H26N2O. The molecule has 1 rings (SSSR count). The summed E-state index contributed by atoms with van der Waals surface area (Å²) < 4.78 is 0. The van der Waals surface area contributed by atoms with Crippen LogP contribution in [0.1, 0.15) is 33.1 Å². The molecule has 0 amide bonds. The van der Waals surface area contributed by atoms with E-state index < -0.39 is 0 Å². The molecule has 1 unspecified atom stereocenters. The van der Waals surface area contributed by atoms with E-state index in [0.717, 1.165) is 19.6 Å². The average molecular weight is 214 g/mol. The Hall–Kier alpha value is -0.120. The van der Waals surface area contributed by atoms with Gasteiger partial charge in [-0.1, -0.05) is 6.42 Å². The molecule has 1 saturated heterocycles. The fourth-order valence-electron chi connectivity index (χ4n) is 2.23. The summed E-state index contributed by atoms with van der Waals surface area (Å²) in [6, 6.07) is 1.27. The van der Waals surface area contributed by atoms with Gasteiger partial charge < -0.3 is 10.0 Å². The molecule has 0 aromatic carbocycles. The second-order valence-electron chi connectivity index (χ2n) is 4.94. The molecule has 90 valence electrons. The normalized spacial score (nSPS) is 24.0. The molecule has 0 aromatic heterocycles. The number of hydrogen-bond acceptors (Lipinski definition) is 3. The number of aliphatic hydroxyl groups excluding tert-OH is 1. The molecule has 0 bridgehead atoms. The van der Waals surface area contributed by atoms with Gasteiger partial charge in [0, 0.05) is 25.2 Å². The highest BCUT2D eigenvalue weighted by molar-refractivity contribution is 4.79. The summed E-state index contributed by atoms with van der Waals surface area (Å²) in [5.74, 6) is 0. The molecule has 3 heteroatoms. The van der Waals surface area contributed by atoms with Gasteiger partial charge in [0.2, 0.25) is 0 Å². The number of likely N-dealkylation sites (N-methyl/N-ethyl adjacent to an activating group) is 1. The van der Waals surface area contributed by atoms with E-state index in [4.69, 9.17) is 5.11 Å². The maximum absolute atomic E-state index is 9.02. The van der Waals surface area contributed by atoms with Gasteiger partial charge >= 0.3 is 0 Å². The molecule has 0 aromatic rings. The van der Waals surface area contributed by atoms with Gasteiger partial charge in [0.15, 0.2) is 0 Å². The Bertz CT molecular complexity index is 171. The van der Waals surface area contributed by atoms with Crippen LogP contribution in [0.4, 0.5) is 0 Å². The fraction of sp³-hybridized carbons (Fsp3) is 1.00. The predicted molar refractivity (Wildman–Crippen MR) is 64.1 cm³/mol. The minimum atomic E-state index is 0.294. The second kappa shape index (κ2) is 6.46. The first-order chi connectivity index (χ1) is 7.15. The second-order valence-corrected chi connectivity index (χ2v) is 4.94. The summed E-state index contributed by atoms with van der Waals surface area (Å²) >= 11 is 0. The van der Waals surface area contributed by atoms with Crippen LogP contribution in [0.2, 0.25) is 0 Å². The van der Waals surface area contributed by atoms with Crippen LogP contribution in [0.15, 0.2) is 0 Å². The molecule has 1 aliphatic heterocycles. The molecule has 3 nitrogen and oxygen atoms in total. The van der Waals surface area contributed by atoms with Gasteiger partial charge in [-0.05, 0) is 40.3 Å². The highest BCUT2D eigenvalue weighted by Crippen LogP contribution is 2.17. The number of hydrogen-bond donors (Lipinski definition) is 1. The molecular weight excluding hydrogens is 188 g/mol. The van der Waals surface area contributed by atoms with Crippen molar-refractivity contribution in [3.63, 3.8) is 0 Å². The smallest absolute Gasteiger partial charge is 0.0558 e. The Labute approximate surface area is 94.1 Å². The molecule has 1 atom stereocenters. The van der Waals surface area contributed by atoms with Gasteiger partial charge in [-0.25, -0.2) is 0 Å². The van der Waals surface area contributed by atoms with E-state index in [1.807, 2.05) is 0 Å². The molecule has 0 aliphatic carbocycles. The molecule has 15 heavy (non-hydrogen) atoms. The summed E-state index contributed by atoms with van der Waals surface area (Å²) in [6.45, 7) is 7.91. The number of aliphatic hydroxyl groups is 1. The largest absolute Gasteiger partial charge is 0.395 e. The van der Waals surface area contributed by atoms with Crippen molar-refractivity contribution < 1.29 is 5.11 Å². The van der Waals surface area contributed by atoms with Crippen molar-refractivity contribution >= 4 is 0 Å². The van der Waals surface area contributed by atoms with Crippen molar-refractivity contribution in [3.05, 3.63) is 0 Å². The minimum absolute atomic E-state index is 0.294. The first kappa shape index (κ1) is 12.9. The topological polar surface area (TPSA) is 26.7 Å². The molecule has 0 radical (unpaired) electrons. The van der Waals surface area contributed by atoms with E-state index >= 15 is 0 Å². The van der Waals surface area contributed by atoms with Crippen molar-refractivity contribution in [1.82, 2.24) is 9.80 Å². The Morgan fingerprint density at radius 1 is 1.40 bits per heavy atom. The van der Waals surface area contributed by atoms with Crippen LogP contribution < -0.4 is 0 Å². The summed E-state index contributed by atoms with van der Waals surface area (Å²) in [4.78, 5) is 4.85. The maximum atomic E-state index is 9.02. The Morgan fingerprint density at radius 3 is 2.73 bits per heavy atom. The van der Waals surface area contributed by atoms with Gasteiger partial charge in [-0.3, -0.25) is 4.90 Å². The highest BCUT2D eigenvalue weighted by atomic mass is 16.3. The number of likely N-dealkylation sites (tertiary alicyclic amines) is 1. The van der Waals surface area contributed by atoms with E-state index in [2.05, 4.69) is 30.7 Å². The number of nitrogens with zero attached hydrogens (tertiary/aromatic N) is 2. The lowest BCUT2D eigenvalue weighted by Gasteiger charge is -2.38. The van der Waals surface area contributed by atoms with Crippen molar-refractivity contribution in [2.75, 3.05) is 33.3 Å². The van der Waals surface area contributed by atoms with Crippen LogP contribution in [0.5, 0.6) is 0 Å². The third kappa shape index (κ3) is 4.09. The zero-order valence-corrected chi connectivity index (χ0v) is 10.4. The number of piperidine rings is 1. The third-order valence-corrected chi connectivity index (χ3v) is 3.52. The molecule has 0 spiro atoms. The highest BCUT2D eigenvalue weighted by Gasteiger charge is 2.23. The quantitative estimate of drug-likeness (QED) is 0.744.